The van der Waals surface area contributed by atoms with E-state index in [1.165, 1.54) is 12.1 Å². The van der Waals surface area contributed by atoms with E-state index in [2.05, 4.69) is 4.72 Å². The molecule has 2 atom stereocenters. The van der Waals surface area contributed by atoms with Gasteiger partial charge in [0.15, 0.2) is 5.54 Å². The number of hydrogen-bond donors (Lipinski definition) is 1. The average Bonchev–Trinajstić information content (AvgIpc) is 3.17. The fourth-order valence-corrected chi connectivity index (χ4v) is 5.66. The topological polar surface area (TPSA) is 84.8 Å². The van der Waals surface area contributed by atoms with Crippen LogP contribution in [0.2, 0.25) is 10.0 Å². The number of aryl methyl sites for hydroxylation is 1. The zero-order chi connectivity index (χ0) is 25.4. The van der Waals surface area contributed by atoms with Gasteiger partial charge in [0.25, 0.3) is 0 Å². The van der Waals surface area contributed by atoms with Crippen LogP contribution in [-0.4, -0.2) is 25.8 Å². The first-order chi connectivity index (χ1) is 16.5. The normalized spacial score (nSPS) is 18.9. The molecule has 0 bridgehead atoms. The number of halogens is 2. The molecule has 0 amide bonds. The van der Waals surface area contributed by atoms with Gasteiger partial charge in [-0.2, -0.15) is 0 Å². The lowest BCUT2D eigenvalue weighted by Gasteiger charge is -2.35. The first-order valence-corrected chi connectivity index (χ1v) is 13.2. The SMILES string of the molecule is Cc1ccc(S(=O)(=O)NC(c2ccccc2Cl)[C@@]2(C(C)C)N=C(c3ccc(Cl)cc3)OC2=O)cc1. The van der Waals surface area contributed by atoms with Gasteiger partial charge in [0, 0.05) is 15.6 Å². The molecule has 6 nitrogen and oxygen atoms in total. The quantitative estimate of drug-likeness (QED) is 0.396. The molecule has 1 aliphatic rings. The molecule has 0 aliphatic carbocycles. The van der Waals surface area contributed by atoms with Gasteiger partial charge in [0.05, 0.1) is 10.9 Å². The van der Waals surface area contributed by atoms with Crippen LogP contribution < -0.4 is 4.72 Å². The molecule has 35 heavy (non-hydrogen) atoms. The van der Waals surface area contributed by atoms with Gasteiger partial charge in [-0.05, 0) is 60.9 Å². The number of nitrogens with one attached hydrogen (secondary N) is 1. The molecule has 3 aromatic rings. The number of esters is 1. The number of carbonyl (C=O) groups is 1. The van der Waals surface area contributed by atoms with Gasteiger partial charge in [0.2, 0.25) is 15.9 Å². The third-order valence-electron chi connectivity index (χ3n) is 6.03. The molecule has 4 rings (SSSR count). The molecule has 1 N–H and O–H groups in total. The average molecular weight is 531 g/mol. The van der Waals surface area contributed by atoms with E-state index in [1.807, 2.05) is 6.92 Å². The standard InChI is InChI=1S/C26H24Cl2N2O4S/c1-16(2)26(25(31)34-24(29-26)18-10-12-19(27)13-11-18)23(21-6-4-5-7-22(21)28)30-35(32,33)20-14-8-17(3)9-15-20/h4-16,23,30H,1-3H3/t23?,26-/m1/s1. The van der Waals surface area contributed by atoms with Crippen LogP contribution in [0.15, 0.2) is 82.7 Å². The number of aliphatic imine (C=N–C) groups is 1. The molecule has 0 saturated carbocycles. The Balaban J connectivity index is 1.89. The van der Waals surface area contributed by atoms with Crippen molar-refractivity contribution in [1.29, 1.82) is 0 Å². The van der Waals surface area contributed by atoms with Crippen LogP contribution in [0.3, 0.4) is 0 Å². The first kappa shape index (κ1) is 25.4. The maximum atomic E-state index is 13.5. The minimum absolute atomic E-state index is 0.0623. The Hall–Kier alpha value is -2.71. The van der Waals surface area contributed by atoms with E-state index < -0.39 is 33.5 Å². The summed E-state index contributed by atoms with van der Waals surface area (Å²) >= 11 is 12.5. The highest BCUT2D eigenvalue weighted by molar-refractivity contribution is 7.89. The highest BCUT2D eigenvalue weighted by Crippen LogP contribution is 2.44. The van der Waals surface area contributed by atoms with Crippen LogP contribution in [0, 0.1) is 12.8 Å². The summed E-state index contributed by atoms with van der Waals surface area (Å²) in [7, 11) is -4.06. The molecule has 1 heterocycles. The Morgan fingerprint density at radius 1 is 0.943 bits per heavy atom. The molecular formula is C26H24Cl2N2O4S. The van der Waals surface area contributed by atoms with Crippen LogP contribution in [0.25, 0.3) is 0 Å². The monoisotopic (exact) mass is 530 g/mol. The van der Waals surface area contributed by atoms with Crippen molar-refractivity contribution >= 4 is 45.1 Å². The fraction of sp³-hybridized carbons (Fsp3) is 0.231. The van der Waals surface area contributed by atoms with Gasteiger partial charge in [-0.15, -0.1) is 0 Å². The van der Waals surface area contributed by atoms with Crippen LogP contribution in [0.5, 0.6) is 0 Å². The van der Waals surface area contributed by atoms with Crippen LogP contribution in [-0.2, 0) is 19.6 Å². The maximum Gasteiger partial charge on any atom is 0.343 e. The Morgan fingerprint density at radius 2 is 1.57 bits per heavy atom. The van der Waals surface area contributed by atoms with E-state index in [0.717, 1.165) is 5.56 Å². The molecule has 1 aliphatic heterocycles. The predicted molar refractivity (Wildman–Crippen MR) is 137 cm³/mol. The maximum absolute atomic E-state index is 13.5. The van der Waals surface area contributed by atoms with E-state index in [1.54, 1.807) is 74.5 Å². The number of cyclic esters (lactones) is 1. The summed E-state index contributed by atoms with van der Waals surface area (Å²) in [5.74, 6) is -1.04. The van der Waals surface area contributed by atoms with Crippen molar-refractivity contribution in [3.8, 4) is 0 Å². The Labute approximate surface area is 215 Å². The fourth-order valence-electron chi connectivity index (χ4n) is 4.04. The van der Waals surface area contributed by atoms with Crippen molar-refractivity contribution < 1.29 is 17.9 Å². The van der Waals surface area contributed by atoms with Crippen LogP contribution in [0.1, 0.15) is 36.6 Å². The lowest BCUT2D eigenvalue weighted by Crippen LogP contribution is -2.52. The molecule has 3 aromatic carbocycles. The van der Waals surface area contributed by atoms with Crippen molar-refractivity contribution in [1.82, 2.24) is 4.72 Å². The Morgan fingerprint density at radius 3 is 2.17 bits per heavy atom. The third-order valence-corrected chi connectivity index (χ3v) is 8.07. The van der Waals surface area contributed by atoms with E-state index in [0.29, 0.717) is 21.2 Å². The van der Waals surface area contributed by atoms with Gasteiger partial charge in [0.1, 0.15) is 0 Å². The van der Waals surface area contributed by atoms with E-state index in [9.17, 15) is 13.2 Å². The summed E-state index contributed by atoms with van der Waals surface area (Å²) in [5.41, 5.74) is 0.264. The summed E-state index contributed by atoms with van der Waals surface area (Å²) in [4.78, 5) is 18.3. The van der Waals surface area contributed by atoms with E-state index >= 15 is 0 Å². The lowest BCUT2D eigenvalue weighted by molar-refractivity contribution is -0.141. The summed E-state index contributed by atoms with van der Waals surface area (Å²) in [6.45, 7) is 5.45. The highest BCUT2D eigenvalue weighted by atomic mass is 35.5. The number of hydrogen-bond acceptors (Lipinski definition) is 5. The number of carbonyl (C=O) groups excluding carboxylic acids is 1. The van der Waals surface area contributed by atoms with Crippen LogP contribution >= 0.6 is 23.2 Å². The summed E-state index contributed by atoms with van der Waals surface area (Å²) in [6, 6.07) is 18.8. The van der Waals surface area contributed by atoms with E-state index in [-0.39, 0.29) is 10.8 Å². The summed E-state index contributed by atoms with van der Waals surface area (Å²) in [5, 5.41) is 0.820. The number of benzene rings is 3. The molecule has 0 radical (unpaired) electrons. The van der Waals surface area contributed by atoms with Crippen molar-refractivity contribution in [2.45, 2.75) is 37.2 Å². The van der Waals surface area contributed by atoms with Crippen molar-refractivity contribution in [2.75, 3.05) is 0 Å². The molecule has 9 heteroatoms. The smallest absolute Gasteiger partial charge is 0.343 e. The van der Waals surface area contributed by atoms with Crippen molar-refractivity contribution in [3.05, 3.63) is 99.5 Å². The second-order valence-electron chi connectivity index (χ2n) is 8.68. The Bertz CT molecular complexity index is 1390. The molecule has 182 valence electrons. The van der Waals surface area contributed by atoms with E-state index in [4.69, 9.17) is 32.9 Å². The zero-order valence-corrected chi connectivity index (χ0v) is 21.7. The molecule has 0 spiro atoms. The Kier molecular flexibility index (Phi) is 7.06. The predicted octanol–water partition coefficient (Wildman–Crippen LogP) is 5.72. The molecular weight excluding hydrogens is 507 g/mol. The van der Waals surface area contributed by atoms with Gasteiger partial charge in [-0.25, -0.2) is 22.9 Å². The molecule has 0 aromatic heterocycles. The van der Waals surface area contributed by atoms with Gasteiger partial charge in [-0.1, -0.05) is 72.9 Å². The minimum atomic E-state index is -4.06. The van der Waals surface area contributed by atoms with Crippen molar-refractivity contribution in [2.24, 2.45) is 10.9 Å². The minimum Gasteiger partial charge on any atom is -0.405 e. The number of sulfonamides is 1. The van der Waals surface area contributed by atoms with Crippen LogP contribution in [0.4, 0.5) is 0 Å². The second-order valence-corrected chi connectivity index (χ2v) is 11.2. The van der Waals surface area contributed by atoms with Gasteiger partial charge in [-0.3, -0.25) is 0 Å². The summed E-state index contributed by atoms with van der Waals surface area (Å²) in [6.07, 6.45) is 0. The highest BCUT2D eigenvalue weighted by Gasteiger charge is 2.56. The molecule has 0 fully saturated rings. The largest absolute Gasteiger partial charge is 0.405 e. The second kappa shape index (κ2) is 9.74. The molecule has 1 unspecified atom stereocenters. The van der Waals surface area contributed by atoms with Gasteiger partial charge >= 0.3 is 5.97 Å². The number of ether oxygens (including phenoxy) is 1. The zero-order valence-electron chi connectivity index (χ0n) is 19.3. The molecule has 0 saturated heterocycles. The third kappa shape index (κ3) is 4.86. The number of rotatable bonds is 7. The summed E-state index contributed by atoms with van der Waals surface area (Å²) < 4.78 is 35.3. The van der Waals surface area contributed by atoms with Gasteiger partial charge < -0.3 is 4.74 Å². The number of nitrogens with zero attached hydrogens (tertiary/aromatic N) is 1. The first-order valence-electron chi connectivity index (χ1n) is 11.0. The lowest BCUT2D eigenvalue weighted by atomic mass is 9.77. The van der Waals surface area contributed by atoms with Crippen molar-refractivity contribution in [3.63, 3.8) is 0 Å².